The van der Waals surface area contributed by atoms with Crippen LogP contribution in [-0.4, -0.2) is 76.1 Å². The highest BCUT2D eigenvalue weighted by atomic mass is 32.1. The molecule has 2 N–H and O–H groups in total. The van der Waals surface area contributed by atoms with Crippen LogP contribution in [0.4, 0.5) is 4.79 Å². The third-order valence-corrected chi connectivity index (χ3v) is 8.27. The monoisotopic (exact) mass is 542 g/mol. The number of hydrogen-bond donors (Lipinski definition) is 2. The van der Waals surface area contributed by atoms with Gasteiger partial charge in [-0.3, -0.25) is 4.79 Å². The molecule has 1 saturated carbocycles. The lowest BCUT2D eigenvalue weighted by molar-refractivity contribution is -0.153. The quantitative estimate of drug-likeness (QED) is 0.563. The zero-order valence-corrected chi connectivity index (χ0v) is 23.5. The average Bonchev–Trinajstić information content (AvgIpc) is 3.40. The lowest BCUT2D eigenvalue weighted by Gasteiger charge is -2.48. The van der Waals surface area contributed by atoms with E-state index in [9.17, 15) is 19.5 Å². The minimum Gasteiger partial charge on any atom is -0.496 e. The van der Waals surface area contributed by atoms with Crippen LogP contribution in [0.25, 0.3) is 0 Å². The largest absolute Gasteiger partial charge is 0.496 e. The molecule has 0 spiro atoms. The molecule has 1 aliphatic heterocycles. The number of nitrogens with zero attached hydrogens (tertiary/aromatic N) is 3. The first kappa shape index (κ1) is 27.9. The number of aliphatic carboxylic acids is 1. The van der Waals surface area contributed by atoms with E-state index in [1.807, 2.05) is 6.07 Å². The van der Waals surface area contributed by atoms with E-state index in [2.05, 4.69) is 31.1 Å². The third kappa shape index (κ3) is 5.80. The van der Waals surface area contributed by atoms with Crippen LogP contribution in [0.3, 0.4) is 0 Å². The SMILES string of the molecule is COc1cc(C(=O)N2CCN(C(=O)NC3CCCCC3)CC2(Cc2cscn2)C(=O)O)ccc1C(C)(C)C. The van der Waals surface area contributed by atoms with Crippen molar-refractivity contribution in [1.82, 2.24) is 20.1 Å². The van der Waals surface area contributed by atoms with Gasteiger partial charge in [0.15, 0.2) is 5.54 Å². The molecule has 2 heterocycles. The summed E-state index contributed by atoms with van der Waals surface area (Å²) >= 11 is 1.37. The molecule has 1 aliphatic carbocycles. The van der Waals surface area contributed by atoms with Gasteiger partial charge in [0.2, 0.25) is 0 Å². The first-order chi connectivity index (χ1) is 18.0. The minimum atomic E-state index is -1.66. The van der Waals surface area contributed by atoms with Crippen LogP contribution in [-0.2, 0) is 16.6 Å². The van der Waals surface area contributed by atoms with Crippen LogP contribution in [0.1, 0.15) is 74.5 Å². The lowest BCUT2D eigenvalue weighted by Crippen LogP contribution is -2.70. The fraction of sp³-hybridized carbons (Fsp3) is 0.571. The molecule has 4 rings (SSSR count). The van der Waals surface area contributed by atoms with Crippen LogP contribution < -0.4 is 10.1 Å². The molecule has 2 aromatic rings. The average molecular weight is 543 g/mol. The molecule has 2 fully saturated rings. The predicted octanol–water partition coefficient (Wildman–Crippen LogP) is 4.32. The first-order valence-electron chi connectivity index (χ1n) is 13.2. The highest BCUT2D eigenvalue weighted by Gasteiger charge is 2.52. The smallest absolute Gasteiger partial charge is 0.331 e. The summed E-state index contributed by atoms with van der Waals surface area (Å²) in [5, 5.41) is 15.5. The summed E-state index contributed by atoms with van der Waals surface area (Å²) < 4.78 is 5.60. The fourth-order valence-corrected chi connectivity index (χ4v) is 6.09. The van der Waals surface area contributed by atoms with Crippen molar-refractivity contribution < 1.29 is 24.2 Å². The van der Waals surface area contributed by atoms with Gasteiger partial charge in [-0.05, 0) is 36.0 Å². The van der Waals surface area contributed by atoms with Gasteiger partial charge in [0.1, 0.15) is 5.75 Å². The fourth-order valence-electron chi connectivity index (χ4n) is 5.53. The molecule has 1 unspecified atom stereocenters. The van der Waals surface area contributed by atoms with Crippen molar-refractivity contribution in [2.45, 2.75) is 76.3 Å². The Morgan fingerprint density at radius 3 is 2.53 bits per heavy atom. The van der Waals surface area contributed by atoms with Gasteiger partial charge < -0.3 is 25.0 Å². The summed E-state index contributed by atoms with van der Waals surface area (Å²) in [6, 6.07) is 5.10. The summed E-state index contributed by atoms with van der Waals surface area (Å²) in [4.78, 5) is 47.4. The molecule has 0 bridgehead atoms. The van der Waals surface area contributed by atoms with E-state index in [0.29, 0.717) is 17.0 Å². The van der Waals surface area contributed by atoms with E-state index >= 15 is 0 Å². The maximum absolute atomic E-state index is 13.9. The second kappa shape index (κ2) is 11.3. The zero-order chi connectivity index (χ0) is 27.5. The van der Waals surface area contributed by atoms with Gasteiger partial charge in [0, 0.05) is 36.5 Å². The van der Waals surface area contributed by atoms with Gasteiger partial charge in [-0.1, -0.05) is 46.1 Å². The molecule has 0 radical (unpaired) electrons. The highest BCUT2D eigenvalue weighted by molar-refractivity contribution is 7.07. The van der Waals surface area contributed by atoms with Crippen molar-refractivity contribution in [3.05, 3.63) is 45.9 Å². The molecule has 206 valence electrons. The van der Waals surface area contributed by atoms with Crippen LogP contribution in [0.2, 0.25) is 0 Å². The van der Waals surface area contributed by atoms with Crippen LogP contribution in [0.15, 0.2) is 29.1 Å². The number of carboxylic acid groups (broad SMARTS) is 1. The lowest BCUT2D eigenvalue weighted by atomic mass is 9.85. The van der Waals surface area contributed by atoms with Crippen molar-refractivity contribution in [2.24, 2.45) is 0 Å². The standard InChI is InChI=1S/C28H38N4O5S/c1-27(2,3)22-11-10-19(14-23(22)37-4)24(33)32-13-12-31(26(36)30-20-8-6-5-7-9-20)17-28(32,25(34)35)15-21-16-38-18-29-21/h10-11,14,16,18,20H,5-9,12-13,15,17H2,1-4H3,(H,30,36)(H,34,35). The topological polar surface area (TPSA) is 112 Å². The Labute approximate surface area is 228 Å². The molecule has 1 aromatic heterocycles. The number of carboxylic acids is 1. The summed E-state index contributed by atoms with van der Waals surface area (Å²) in [7, 11) is 1.56. The number of ether oxygens (including phenoxy) is 1. The molecule has 1 aromatic carbocycles. The van der Waals surface area contributed by atoms with E-state index in [-0.39, 0.29) is 43.5 Å². The van der Waals surface area contributed by atoms with Crippen molar-refractivity contribution in [3.8, 4) is 5.75 Å². The molecule has 9 nitrogen and oxygen atoms in total. The normalized spacial score (nSPS) is 20.7. The van der Waals surface area contributed by atoms with Crippen molar-refractivity contribution >= 4 is 29.2 Å². The molecule has 2 aliphatic rings. The van der Waals surface area contributed by atoms with E-state index in [0.717, 1.165) is 31.2 Å². The van der Waals surface area contributed by atoms with Crippen molar-refractivity contribution in [3.63, 3.8) is 0 Å². The Hall–Kier alpha value is -3.14. The summed E-state index contributed by atoms with van der Waals surface area (Å²) in [6.45, 7) is 6.40. The minimum absolute atomic E-state index is 0.00198. The molecular formula is C28H38N4O5S. The van der Waals surface area contributed by atoms with E-state index in [1.165, 1.54) is 22.7 Å². The Kier molecular flexibility index (Phi) is 8.30. The number of nitrogens with one attached hydrogen (secondary N) is 1. The number of rotatable bonds is 6. The molecule has 38 heavy (non-hydrogen) atoms. The Morgan fingerprint density at radius 1 is 1.18 bits per heavy atom. The summed E-state index contributed by atoms with van der Waals surface area (Å²) in [5.41, 5.74) is 1.66. The predicted molar refractivity (Wildman–Crippen MR) is 146 cm³/mol. The Bertz CT molecular complexity index is 1160. The zero-order valence-electron chi connectivity index (χ0n) is 22.7. The van der Waals surface area contributed by atoms with E-state index in [4.69, 9.17) is 4.74 Å². The molecule has 10 heteroatoms. The molecular weight excluding hydrogens is 504 g/mol. The molecule has 1 atom stereocenters. The number of piperazine rings is 1. The Morgan fingerprint density at radius 2 is 1.92 bits per heavy atom. The van der Waals surface area contributed by atoms with Crippen LogP contribution in [0.5, 0.6) is 5.75 Å². The van der Waals surface area contributed by atoms with E-state index in [1.54, 1.807) is 35.0 Å². The molecule has 3 amide bonds. The third-order valence-electron chi connectivity index (χ3n) is 7.64. The van der Waals surface area contributed by atoms with Gasteiger partial charge in [-0.2, -0.15) is 0 Å². The summed E-state index contributed by atoms with van der Waals surface area (Å²) in [5.74, 6) is -0.990. The van der Waals surface area contributed by atoms with E-state index < -0.39 is 17.4 Å². The number of urea groups is 1. The number of benzene rings is 1. The van der Waals surface area contributed by atoms with Gasteiger partial charge >= 0.3 is 12.0 Å². The second-order valence-corrected chi connectivity index (χ2v) is 12.0. The first-order valence-corrected chi connectivity index (χ1v) is 14.2. The maximum Gasteiger partial charge on any atom is 0.331 e. The van der Waals surface area contributed by atoms with Crippen LogP contribution in [0, 0.1) is 0 Å². The number of hydrogen-bond acceptors (Lipinski definition) is 6. The van der Waals surface area contributed by atoms with Crippen molar-refractivity contribution in [1.29, 1.82) is 0 Å². The number of methoxy groups -OCH3 is 1. The number of aromatic nitrogens is 1. The van der Waals surface area contributed by atoms with Gasteiger partial charge in [-0.25, -0.2) is 14.6 Å². The van der Waals surface area contributed by atoms with Gasteiger partial charge in [-0.15, -0.1) is 11.3 Å². The number of amides is 3. The number of thiazole rings is 1. The van der Waals surface area contributed by atoms with Gasteiger partial charge in [0.05, 0.1) is 24.9 Å². The second-order valence-electron chi connectivity index (χ2n) is 11.3. The highest BCUT2D eigenvalue weighted by Crippen LogP contribution is 2.34. The molecule has 1 saturated heterocycles. The summed E-state index contributed by atoms with van der Waals surface area (Å²) in [6.07, 6.45) is 5.19. The number of carbonyl (C=O) groups excluding carboxylic acids is 2. The number of carbonyl (C=O) groups is 3. The maximum atomic E-state index is 13.9. The Balaban J connectivity index is 1.66. The van der Waals surface area contributed by atoms with Crippen molar-refractivity contribution in [2.75, 3.05) is 26.7 Å². The van der Waals surface area contributed by atoms with Gasteiger partial charge in [0.25, 0.3) is 5.91 Å². The van der Waals surface area contributed by atoms with Crippen LogP contribution >= 0.6 is 11.3 Å².